The molecule has 2 rings (SSSR count). The molecule has 20 heavy (non-hydrogen) atoms. The number of hydrogen-bond acceptors (Lipinski definition) is 2. The summed E-state index contributed by atoms with van der Waals surface area (Å²) >= 11 is 0. The van der Waals surface area contributed by atoms with Gasteiger partial charge in [0.05, 0.1) is 5.56 Å². The number of carbonyl (C=O) groups excluding carboxylic acids is 1. The summed E-state index contributed by atoms with van der Waals surface area (Å²) in [5.74, 6) is -2.39. The number of ketones is 1. The summed E-state index contributed by atoms with van der Waals surface area (Å²) in [4.78, 5) is 11.9. The van der Waals surface area contributed by atoms with Crippen LogP contribution in [0.1, 0.15) is 21.5 Å². The van der Waals surface area contributed by atoms with Crippen molar-refractivity contribution in [3.8, 4) is 0 Å². The van der Waals surface area contributed by atoms with E-state index in [1.807, 2.05) is 0 Å². The van der Waals surface area contributed by atoms with Crippen molar-refractivity contribution >= 4 is 17.5 Å². The molecule has 4 heteroatoms. The first-order valence-electron chi connectivity index (χ1n) is 6.01. The van der Waals surface area contributed by atoms with Crippen molar-refractivity contribution in [1.82, 2.24) is 0 Å². The lowest BCUT2D eigenvalue weighted by Gasteiger charge is -2.03. The second kappa shape index (κ2) is 5.65. The van der Waals surface area contributed by atoms with Gasteiger partial charge in [0.2, 0.25) is 0 Å². The second-order valence-electron chi connectivity index (χ2n) is 4.42. The van der Waals surface area contributed by atoms with Gasteiger partial charge in [0.15, 0.2) is 5.78 Å². The maximum Gasteiger partial charge on any atom is 0.191 e. The molecule has 0 amide bonds. The quantitative estimate of drug-likeness (QED) is 0.526. The number of hydrogen-bond donors (Lipinski definition) is 1. The lowest BCUT2D eigenvalue weighted by atomic mass is 10.0. The normalized spacial score (nSPS) is 10.9. The average Bonchev–Trinajstić information content (AvgIpc) is 2.43. The Morgan fingerprint density at radius 1 is 1.10 bits per heavy atom. The van der Waals surface area contributed by atoms with Gasteiger partial charge in [-0.3, -0.25) is 4.79 Å². The minimum absolute atomic E-state index is 0.232. The Kier molecular flexibility index (Phi) is 3.94. The smallest absolute Gasteiger partial charge is 0.191 e. The molecule has 0 saturated heterocycles. The summed E-state index contributed by atoms with van der Waals surface area (Å²) in [5.41, 5.74) is 6.57. The molecule has 2 aromatic carbocycles. The number of anilines is 1. The van der Waals surface area contributed by atoms with Crippen molar-refractivity contribution in [2.24, 2.45) is 0 Å². The lowest BCUT2D eigenvalue weighted by Crippen LogP contribution is -2.04. The number of rotatable bonds is 3. The highest BCUT2D eigenvalue weighted by molar-refractivity contribution is 6.07. The maximum atomic E-state index is 13.8. The molecular formula is C16H13F2NO. The Labute approximate surface area is 115 Å². The van der Waals surface area contributed by atoms with Crippen LogP contribution in [0, 0.1) is 18.6 Å². The first kappa shape index (κ1) is 13.9. The maximum absolute atomic E-state index is 13.8. The third-order valence-electron chi connectivity index (χ3n) is 2.89. The van der Waals surface area contributed by atoms with Crippen molar-refractivity contribution in [2.75, 3.05) is 5.73 Å². The molecule has 0 aliphatic rings. The van der Waals surface area contributed by atoms with E-state index in [9.17, 15) is 13.6 Å². The van der Waals surface area contributed by atoms with Gasteiger partial charge < -0.3 is 5.73 Å². The molecule has 0 bridgehead atoms. The molecule has 0 spiro atoms. The highest BCUT2D eigenvalue weighted by atomic mass is 19.1. The SMILES string of the molecule is Cc1ccc(F)c(C(=O)/C=C/c2ccc(N)cc2)c1F. The second-order valence-corrected chi connectivity index (χ2v) is 4.42. The Morgan fingerprint density at radius 2 is 1.75 bits per heavy atom. The van der Waals surface area contributed by atoms with Crippen LogP contribution in [-0.2, 0) is 0 Å². The van der Waals surface area contributed by atoms with Gasteiger partial charge in [-0.1, -0.05) is 24.3 Å². The first-order valence-corrected chi connectivity index (χ1v) is 6.01. The first-order chi connectivity index (χ1) is 9.49. The Balaban J connectivity index is 2.29. The molecule has 0 aliphatic heterocycles. The summed E-state index contributed by atoms with van der Waals surface area (Å²) in [7, 11) is 0. The molecular weight excluding hydrogens is 260 g/mol. The molecule has 0 heterocycles. The standard InChI is InChI=1S/C16H13F2NO/c1-10-2-8-13(17)15(16(10)18)14(20)9-5-11-3-6-12(19)7-4-11/h2-9H,19H2,1H3/b9-5+. The zero-order valence-corrected chi connectivity index (χ0v) is 10.9. The fraction of sp³-hybridized carbons (Fsp3) is 0.0625. The number of halogens is 2. The van der Waals surface area contributed by atoms with Crippen LogP contribution in [-0.4, -0.2) is 5.78 Å². The number of allylic oxidation sites excluding steroid dienone is 1. The molecule has 0 aliphatic carbocycles. The van der Waals surface area contributed by atoms with Gasteiger partial charge in [-0.25, -0.2) is 8.78 Å². The zero-order valence-electron chi connectivity index (χ0n) is 10.9. The number of aryl methyl sites for hydroxylation is 1. The van der Waals surface area contributed by atoms with Crippen LogP contribution in [0.4, 0.5) is 14.5 Å². The fourth-order valence-corrected chi connectivity index (χ4v) is 1.74. The molecule has 0 unspecified atom stereocenters. The largest absolute Gasteiger partial charge is 0.399 e. The third-order valence-corrected chi connectivity index (χ3v) is 2.89. The highest BCUT2D eigenvalue weighted by Crippen LogP contribution is 2.18. The predicted molar refractivity (Wildman–Crippen MR) is 75.3 cm³/mol. The van der Waals surface area contributed by atoms with Gasteiger partial charge in [-0.15, -0.1) is 0 Å². The number of benzene rings is 2. The van der Waals surface area contributed by atoms with Crippen LogP contribution in [0.5, 0.6) is 0 Å². The van der Waals surface area contributed by atoms with E-state index < -0.39 is 23.0 Å². The third kappa shape index (κ3) is 2.91. The van der Waals surface area contributed by atoms with E-state index in [1.54, 1.807) is 24.3 Å². The van der Waals surface area contributed by atoms with Crippen LogP contribution >= 0.6 is 0 Å². The van der Waals surface area contributed by atoms with Crippen LogP contribution in [0.15, 0.2) is 42.5 Å². The minimum Gasteiger partial charge on any atom is -0.399 e. The van der Waals surface area contributed by atoms with Crippen molar-refractivity contribution in [2.45, 2.75) is 6.92 Å². The molecule has 0 fully saturated rings. The van der Waals surface area contributed by atoms with Gasteiger partial charge in [0.25, 0.3) is 0 Å². The minimum atomic E-state index is -0.861. The summed E-state index contributed by atoms with van der Waals surface area (Å²) in [5, 5.41) is 0. The van der Waals surface area contributed by atoms with Crippen LogP contribution in [0.25, 0.3) is 6.08 Å². The van der Waals surface area contributed by atoms with Gasteiger partial charge in [0.1, 0.15) is 11.6 Å². The molecule has 2 aromatic rings. The van der Waals surface area contributed by atoms with Gasteiger partial charge in [0, 0.05) is 5.69 Å². The van der Waals surface area contributed by atoms with Crippen LogP contribution in [0.3, 0.4) is 0 Å². The van der Waals surface area contributed by atoms with E-state index in [4.69, 9.17) is 5.73 Å². The van der Waals surface area contributed by atoms with Crippen molar-refractivity contribution < 1.29 is 13.6 Å². The van der Waals surface area contributed by atoms with Gasteiger partial charge in [-0.05, 0) is 42.3 Å². The fourth-order valence-electron chi connectivity index (χ4n) is 1.74. The van der Waals surface area contributed by atoms with E-state index >= 15 is 0 Å². The van der Waals surface area contributed by atoms with E-state index in [-0.39, 0.29) is 5.56 Å². The topological polar surface area (TPSA) is 43.1 Å². The Hall–Kier alpha value is -2.49. The summed E-state index contributed by atoms with van der Waals surface area (Å²) < 4.78 is 27.3. The molecule has 2 N–H and O–H groups in total. The van der Waals surface area contributed by atoms with Crippen LogP contribution < -0.4 is 5.73 Å². The van der Waals surface area contributed by atoms with Crippen molar-refractivity contribution in [3.63, 3.8) is 0 Å². The summed E-state index contributed by atoms with van der Waals surface area (Å²) in [6, 6.07) is 9.16. The Bertz CT molecular complexity index is 676. The zero-order chi connectivity index (χ0) is 14.7. The molecule has 102 valence electrons. The predicted octanol–water partition coefficient (Wildman–Crippen LogP) is 3.75. The molecule has 0 radical (unpaired) electrons. The van der Waals surface area contributed by atoms with Crippen molar-refractivity contribution in [3.05, 3.63) is 70.8 Å². The number of nitrogen functional groups attached to an aromatic ring is 1. The van der Waals surface area contributed by atoms with Crippen molar-refractivity contribution in [1.29, 1.82) is 0 Å². The summed E-state index contributed by atoms with van der Waals surface area (Å²) in [6.07, 6.45) is 2.63. The summed E-state index contributed by atoms with van der Waals surface area (Å²) in [6.45, 7) is 1.48. The molecule has 0 atom stereocenters. The monoisotopic (exact) mass is 273 g/mol. The highest BCUT2D eigenvalue weighted by Gasteiger charge is 2.16. The lowest BCUT2D eigenvalue weighted by molar-refractivity contribution is 0.104. The molecule has 0 saturated carbocycles. The number of nitrogens with two attached hydrogens (primary N) is 1. The van der Waals surface area contributed by atoms with E-state index in [0.717, 1.165) is 17.7 Å². The van der Waals surface area contributed by atoms with Gasteiger partial charge >= 0.3 is 0 Å². The molecule has 0 aromatic heterocycles. The van der Waals surface area contributed by atoms with E-state index in [2.05, 4.69) is 0 Å². The van der Waals surface area contributed by atoms with Gasteiger partial charge in [-0.2, -0.15) is 0 Å². The van der Waals surface area contributed by atoms with E-state index in [1.165, 1.54) is 19.1 Å². The number of carbonyl (C=O) groups is 1. The average molecular weight is 273 g/mol. The van der Waals surface area contributed by atoms with Crippen LogP contribution in [0.2, 0.25) is 0 Å². The van der Waals surface area contributed by atoms with E-state index in [0.29, 0.717) is 5.69 Å². The Morgan fingerprint density at radius 3 is 2.40 bits per heavy atom. The molecule has 2 nitrogen and oxygen atoms in total.